The van der Waals surface area contributed by atoms with Gasteiger partial charge in [0.25, 0.3) is 5.91 Å². The minimum absolute atomic E-state index is 0.209. The number of carbonyl (C=O) groups is 1. The Morgan fingerprint density at radius 3 is 1.88 bits per heavy atom. The third-order valence-corrected chi connectivity index (χ3v) is 5.78. The molecule has 0 unspecified atom stereocenters. The number of carbonyl (C=O) groups excluding carboxylic acids is 1. The van der Waals surface area contributed by atoms with Crippen LogP contribution in [0.4, 0.5) is 17.1 Å². The zero-order chi connectivity index (χ0) is 23.2. The SMILES string of the molecule is COc1ccc(C(=O)Nc2ccc(N3CCN(c4ccc(C#N)cc4)CC3)cc2)cc1OC. The van der Waals surface area contributed by atoms with E-state index in [2.05, 4.69) is 21.2 Å². The Kier molecular flexibility index (Phi) is 6.65. The molecule has 1 aliphatic heterocycles. The quantitative estimate of drug-likeness (QED) is 0.618. The highest BCUT2D eigenvalue weighted by molar-refractivity contribution is 6.04. The molecular weight excluding hydrogens is 416 g/mol. The van der Waals surface area contributed by atoms with Crippen LogP contribution in [-0.2, 0) is 0 Å². The summed E-state index contributed by atoms with van der Waals surface area (Å²) in [7, 11) is 3.11. The summed E-state index contributed by atoms with van der Waals surface area (Å²) in [6.07, 6.45) is 0. The van der Waals surface area contributed by atoms with Gasteiger partial charge in [-0.2, -0.15) is 5.26 Å². The Balaban J connectivity index is 1.35. The van der Waals surface area contributed by atoms with Crippen LogP contribution in [0.5, 0.6) is 11.5 Å². The van der Waals surface area contributed by atoms with E-state index in [1.807, 2.05) is 48.5 Å². The largest absolute Gasteiger partial charge is 0.493 e. The molecule has 3 aromatic carbocycles. The van der Waals surface area contributed by atoms with Gasteiger partial charge < -0.3 is 24.6 Å². The minimum Gasteiger partial charge on any atom is -0.493 e. The van der Waals surface area contributed by atoms with Gasteiger partial charge in [0, 0.05) is 48.8 Å². The Hall–Kier alpha value is -4.18. The first-order chi connectivity index (χ1) is 16.1. The van der Waals surface area contributed by atoms with Gasteiger partial charge >= 0.3 is 0 Å². The van der Waals surface area contributed by atoms with Gasteiger partial charge in [0.15, 0.2) is 11.5 Å². The highest BCUT2D eigenvalue weighted by atomic mass is 16.5. The van der Waals surface area contributed by atoms with Crippen molar-refractivity contribution >= 4 is 23.0 Å². The van der Waals surface area contributed by atoms with Gasteiger partial charge in [-0.25, -0.2) is 0 Å². The number of nitrogens with one attached hydrogen (secondary N) is 1. The second-order valence-electron chi connectivity index (χ2n) is 7.70. The molecular formula is C26H26N4O3. The number of rotatable bonds is 6. The number of hydrogen-bond donors (Lipinski definition) is 1. The van der Waals surface area contributed by atoms with Crippen LogP contribution in [0.25, 0.3) is 0 Å². The normalized spacial score (nSPS) is 13.2. The third kappa shape index (κ3) is 5.01. The molecule has 0 aliphatic carbocycles. The number of nitriles is 1. The molecule has 4 rings (SSSR count). The molecule has 0 bridgehead atoms. The summed E-state index contributed by atoms with van der Waals surface area (Å²) >= 11 is 0. The number of benzene rings is 3. The number of ether oxygens (including phenoxy) is 2. The van der Waals surface area contributed by atoms with Crippen LogP contribution in [0.2, 0.25) is 0 Å². The number of anilines is 3. The predicted molar refractivity (Wildman–Crippen MR) is 130 cm³/mol. The molecule has 0 saturated carbocycles. The van der Waals surface area contributed by atoms with Crippen molar-refractivity contribution in [1.29, 1.82) is 5.26 Å². The minimum atomic E-state index is -0.209. The summed E-state index contributed by atoms with van der Waals surface area (Å²) in [4.78, 5) is 17.3. The van der Waals surface area contributed by atoms with Gasteiger partial charge in [-0.3, -0.25) is 4.79 Å². The summed E-state index contributed by atoms with van der Waals surface area (Å²) < 4.78 is 10.5. The van der Waals surface area contributed by atoms with E-state index in [4.69, 9.17) is 14.7 Å². The van der Waals surface area contributed by atoms with Crippen molar-refractivity contribution < 1.29 is 14.3 Å². The van der Waals surface area contributed by atoms with Gasteiger partial charge in [-0.05, 0) is 66.7 Å². The van der Waals surface area contributed by atoms with Gasteiger partial charge in [-0.15, -0.1) is 0 Å². The third-order valence-electron chi connectivity index (χ3n) is 5.78. The van der Waals surface area contributed by atoms with E-state index in [0.717, 1.165) is 43.2 Å². The lowest BCUT2D eigenvalue weighted by Crippen LogP contribution is -2.46. The number of methoxy groups -OCH3 is 2. The maximum Gasteiger partial charge on any atom is 0.255 e. The molecule has 7 nitrogen and oxygen atoms in total. The van der Waals surface area contributed by atoms with Crippen LogP contribution < -0.4 is 24.6 Å². The fourth-order valence-corrected chi connectivity index (χ4v) is 3.91. The fourth-order valence-electron chi connectivity index (χ4n) is 3.91. The first kappa shape index (κ1) is 22.0. The Bertz CT molecular complexity index is 1150. The second-order valence-corrected chi connectivity index (χ2v) is 7.70. The predicted octanol–water partition coefficient (Wildman–Crippen LogP) is 4.15. The second kappa shape index (κ2) is 9.96. The summed E-state index contributed by atoms with van der Waals surface area (Å²) in [5.74, 6) is 0.887. The van der Waals surface area contributed by atoms with Crippen LogP contribution in [0.15, 0.2) is 66.7 Å². The highest BCUT2D eigenvalue weighted by Gasteiger charge is 2.18. The molecule has 0 atom stereocenters. The summed E-state index contributed by atoms with van der Waals surface area (Å²) in [5, 5.41) is 11.9. The summed E-state index contributed by atoms with van der Waals surface area (Å²) in [6.45, 7) is 3.61. The van der Waals surface area contributed by atoms with E-state index in [9.17, 15) is 4.79 Å². The Labute approximate surface area is 193 Å². The summed E-state index contributed by atoms with van der Waals surface area (Å²) in [5.41, 5.74) is 4.17. The molecule has 3 aromatic rings. The van der Waals surface area contributed by atoms with Crippen LogP contribution >= 0.6 is 0 Å². The van der Waals surface area contributed by atoms with E-state index >= 15 is 0 Å². The molecule has 168 valence electrons. The first-order valence-electron chi connectivity index (χ1n) is 10.7. The summed E-state index contributed by atoms with van der Waals surface area (Å²) in [6, 6.07) is 22.9. The van der Waals surface area contributed by atoms with E-state index in [1.54, 1.807) is 32.4 Å². The molecule has 1 fully saturated rings. The van der Waals surface area contributed by atoms with E-state index in [1.165, 1.54) is 0 Å². The molecule has 33 heavy (non-hydrogen) atoms. The van der Waals surface area contributed by atoms with E-state index in [-0.39, 0.29) is 5.91 Å². The lowest BCUT2D eigenvalue weighted by Gasteiger charge is -2.37. The molecule has 1 heterocycles. The number of nitrogens with zero attached hydrogens (tertiary/aromatic N) is 3. The Morgan fingerprint density at radius 2 is 1.36 bits per heavy atom. The lowest BCUT2D eigenvalue weighted by molar-refractivity contribution is 0.102. The van der Waals surface area contributed by atoms with Crippen LogP contribution in [0.3, 0.4) is 0 Å². The van der Waals surface area contributed by atoms with Gasteiger partial charge in [0.2, 0.25) is 0 Å². The van der Waals surface area contributed by atoms with E-state index in [0.29, 0.717) is 22.6 Å². The van der Waals surface area contributed by atoms with Crippen molar-refractivity contribution in [1.82, 2.24) is 0 Å². The molecule has 1 N–H and O–H groups in total. The van der Waals surface area contributed by atoms with Crippen molar-refractivity contribution in [2.45, 2.75) is 0 Å². The number of amides is 1. The zero-order valence-electron chi connectivity index (χ0n) is 18.7. The standard InChI is InChI=1S/C26H26N4O3/c1-32-24-12-5-20(17-25(24)33-2)26(31)28-21-6-10-23(11-7-21)30-15-13-29(14-16-30)22-8-3-19(18-27)4-9-22/h3-12,17H,13-16H2,1-2H3,(H,28,31). The fraction of sp³-hybridized carbons (Fsp3) is 0.231. The smallest absolute Gasteiger partial charge is 0.255 e. The van der Waals surface area contributed by atoms with Crippen LogP contribution in [0.1, 0.15) is 15.9 Å². The van der Waals surface area contributed by atoms with E-state index < -0.39 is 0 Å². The van der Waals surface area contributed by atoms with Gasteiger partial charge in [0.1, 0.15) is 0 Å². The van der Waals surface area contributed by atoms with Gasteiger partial charge in [-0.1, -0.05) is 0 Å². The average molecular weight is 443 g/mol. The molecule has 0 aromatic heterocycles. The lowest BCUT2D eigenvalue weighted by atomic mass is 10.1. The molecule has 1 saturated heterocycles. The Morgan fingerprint density at radius 1 is 0.818 bits per heavy atom. The van der Waals surface area contributed by atoms with Gasteiger partial charge in [0.05, 0.1) is 25.9 Å². The zero-order valence-corrected chi connectivity index (χ0v) is 18.7. The monoisotopic (exact) mass is 442 g/mol. The first-order valence-corrected chi connectivity index (χ1v) is 10.7. The molecule has 0 spiro atoms. The maximum atomic E-state index is 12.6. The van der Waals surface area contributed by atoms with Crippen molar-refractivity contribution in [2.24, 2.45) is 0 Å². The highest BCUT2D eigenvalue weighted by Crippen LogP contribution is 2.28. The van der Waals surface area contributed by atoms with Crippen molar-refractivity contribution in [3.63, 3.8) is 0 Å². The number of piperazine rings is 1. The van der Waals surface area contributed by atoms with Crippen LogP contribution in [0, 0.1) is 11.3 Å². The van der Waals surface area contributed by atoms with Crippen molar-refractivity contribution in [3.8, 4) is 17.6 Å². The average Bonchev–Trinajstić information content (AvgIpc) is 2.89. The van der Waals surface area contributed by atoms with Crippen molar-refractivity contribution in [3.05, 3.63) is 77.9 Å². The van der Waals surface area contributed by atoms with Crippen molar-refractivity contribution in [2.75, 3.05) is 55.5 Å². The molecule has 7 heteroatoms. The molecule has 0 radical (unpaired) electrons. The van der Waals surface area contributed by atoms with Crippen LogP contribution in [-0.4, -0.2) is 46.3 Å². The molecule has 1 aliphatic rings. The number of hydrogen-bond acceptors (Lipinski definition) is 6. The molecule has 1 amide bonds. The topological polar surface area (TPSA) is 77.8 Å². The maximum absolute atomic E-state index is 12.6.